The highest BCUT2D eigenvalue weighted by atomic mass is 16.1. The zero-order valence-electron chi connectivity index (χ0n) is 12.1. The molecule has 19 heavy (non-hydrogen) atoms. The van der Waals surface area contributed by atoms with E-state index in [2.05, 4.69) is 34.3 Å². The zero-order valence-corrected chi connectivity index (χ0v) is 12.1. The molecule has 2 heterocycles. The van der Waals surface area contributed by atoms with E-state index in [9.17, 15) is 4.79 Å². The monoisotopic (exact) mass is 264 g/mol. The van der Waals surface area contributed by atoms with Crippen molar-refractivity contribution in [2.24, 2.45) is 5.92 Å². The van der Waals surface area contributed by atoms with E-state index < -0.39 is 0 Å². The molecule has 1 aromatic rings. The summed E-state index contributed by atoms with van der Waals surface area (Å²) in [7, 11) is 0. The normalized spacial score (nSPS) is 17.9. The van der Waals surface area contributed by atoms with Gasteiger partial charge in [-0.05, 0) is 44.8 Å². The molecular formula is C14H24N4O. The van der Waals surface area contributed by atoms with E-state index in [1.807, 2.05) is 6.92 Å². The molecule has 5 heteroatoms. The van der Waals surface area contributed by atoms with Crippen LogP contribution in [0.1, 0.15) is 42.9 Å². The Kier molecular flexibility index (Phi) is 4.58. The number of carbonyl (C=O) groups is 1. The Morgan fingerprint density at radius 1 is 1.47 bits per heavy atom. The fourth-order valence-corrected chi connectivity index (χ4v) is 2.68. The fourth-order valence-electron chi connectivity index (χ4n) is 2.68. The third-order valence-electron chi connectivity index (χ3n) is 3.79. The largest absolute Gasteiger partial charge is 0.349 e. The summed E-state index contributed by atoms with van der Waals surface area (Å²) in [5, 5.41) is 9.79. The number of carbonyl (C=O) groups excluding carboxylic acids is 1. The molecule has 106 valence electrons. The number of aromatic amines is 1. The number of hydrogen-bond donors (Lipinski definition) is 2. The third-order valence-corrected chi connectivity index (χ3v) is 3.79. The molecule has 2 rings (SSSR count). The van der Waals surface area contributed by atoms with Crippen LogP contribution in [-0.4, -0.2) is 46.7 Å². The highest BCUT2D eigenvalue weighted by molar-refractivity contribution is 5.92. The Morgan fingerprint density at radius 2 is 2.16 bits per heavy atom. The highest BCUT2D eigenvalue weighted by Gasteiger charge is 2.25. The van der Waals surface area contributed by atoms with E-state index in [0.29, 0.717) is 24.2 Å². The van der Waals surface area contributed by atoms with Crippen molar-refractivity contribution in [1.82, 2.24) is 20.4 Å². The van der Waals surface area contributed by atoms with Gasteiger partial charge in [0.2, 0.25) is 0 Å². The second-order valence-corrected chi connectivity index (χ2v) is 5.70. The van der Waals surface area contributed by atoms with Gasteiger partial charge in [0, 0.05) is 18.3 Å². The molecule has 0 bridgehead atoms. The first-order valence-corrected chi connectivity index (χ1v) is 7.12. The Bertz CT molecular complexity index is 421. The van der Waals surface area contributed by atoms with E-state index in [4.69, 9.17) is 0 Å². The van der Waals surface area contributed by atoms with Crippen LogP contribution in [0.4, 0.5) is 0 Å². The van der Waals surface area contributed by atoms with Gasteiger partial charge in [0.05, 0.1) is 0 Å². The van der Waals surface area contributed by atoms with E-state index in [1.54, 1.807) is 6.07 Å². The first-order chi connectivity index (χ1) is 9.08. The second-order valence-electron chi connectivity index (χ2n) is 5.70. The van der Waals surface area contributed by atoms with Gasteiger partial charge in [0.1, 0.15) is 5.69 Å². The minimum absolute atomic E-state index is 0.0887. The van der Waals surface area contributed by atoms with Crippen LogP contribution in [-0.2, 0) is 0 Å². The predicted octanol–water partition coefficient (Wildman–Crippen LogP) is 1.57. The number of rotatable bonds is 5. The maximum atomic E-state index is 12.0. The van der Waals surface area contributed by atoms with Gasteiger partial charge in [-0.15, -0.1) is 0 Å². The number of aromatic nitrogens is 2. The van der Waals surface area contributed by atoms with Gasteiger partial charge in [-0.25, -0.2) is 0 Å². The zero-order chi connectivity index (χ0) is 13.8. The van der Waals surface area contributed by atoms with E-state index >= 15 is 0 Å². The summed E-state index contributed by atoms with van der Waals surface area (Å²) in [5.41, 5.74) is 1.38. The summed E-state index contributed by atoms with van der Waals surface area (Å²) in [6, 6.07) is 2.20. The average Bonchev–Trinajstić information content (AvgIpc) is 3.00. The summed E-state index contributed by atoms with van der Waals surface area (Å²) in [6.45, 7) is 9.33. The molecule has 2 N–H and O–H groups in total. The third kappa shape index (κ3) is 3.56. The molecule has 5 nitrogen and oxygen atoms in total. The van der Waals surface area contributed by atoms with Crippen LogP contribution in [0, 0.1) is 12.8 Å². The van der Waals surface area contributed by atoms with Gasteiger partial charge >= 0.3 is 0 Å². The van der Waals surface area contributed by atoms with Gasteiger partial charge < -0.3 is 5.32 Å². The summed E-state index contributed by atoms with van der Waals surface area (Å²) in [6.07, 6.45) is 2.55. The van der Waals surface area contributed by atoms with Crippen LogP contribution in [0.15, 0.2) is 6.07 Å². The molecule has 1 aromatic heterocycles. The van der Waals surface area contributed by atoms with Crippen molar-refractivity contribution in [2.75, 3.05) is 19.6 Å². The van der Waals surface area contributed by atoms with Crippen molar-refractivity contribution in [3.05, 3.63) is 17.5 Å². The Hall–Kier alpha value is -1.36. The molecule has 1 atom stereocenters. The Balaban J connectivity index is 1.89. The van der Waals surface area contributed by atoms with Crippen molar-refractivity contribution in [1.29, 1.82) is 0 Å². The van der Waals surface area contributed by atoms with Crippen LogP contribution in [0.25, 0.3) is 0 Å². The van der Waals surface area contributed by atoms with Crippen molar-refractivity contribution in [2.45, 2.75) is 39.7 Å². The summed E-state index contributed by atoms with van der Waals surface area (Å²) in [5.74, 6) is 0.452. The number of H-pyrrole nitrogens is 1. The molecule has 0 aliphatic carbocycles. The van der Waals surface area contributed by atoms with Crippen molar-refractivity contribution in [3.63, 3.8) is 0 Å². The maximum absolute atomic E-state index is 12.0. The van der Waals surface area contributed by atoms with Gasteiger partial charge in [0.15, 0.2) is 0 Å². The molecule has 1 fully saturated rings. The number of nitrogens with one attached hydrogen (secondary N) is 2. The molecular weight excluding hydrogens is 240 g/mol. The van der Waals surface area contributed by atoms with Crippen LogP contribution in [0.2, 0.25) is 0 Å². The lowest BCUT2D eigenvalue weighted by Gasteiger charge is -2.30. The quantitative estimate of drug-likeness (QED) is 0.848. The van der Waals surface area contributed by atoms with Crippen molar-refractivity contribution >= 4 is 5.91 Å². The van der Waals surface area contributed by atoms with Gasteiger partial charge in [0.25, 0.3) is 5.91 Å². The Labute approximate surface area is 114 Å². The predicted molar refractivity (Wildman–Crippen MR) is 75.1 cm³/mol. The number of nitrogens with zero attached hydrogens (tertiary/aromatic N) is 2. The van der Waals surface area contributed by atoms with E-state index in [1.165, 1.54) is 12.8 Å². The maximum Gasteiger partial charge on any atom is 0.271 e. The smallest absolute Gasteiger partial charge is 0.271 e. The molecule has 0 spiro atoms. The molecule has 1 aliphatic rings. The molecule has 1 amide bonds. The minimum atomic E-state index is -0.0887. The van der Waals surface area contributed by atoms with Gasteiger partial charge in [-0.2, -0.15) is 5.10 Å². The minimum Gasteiger partial charge on any atom is -0.349 e. The topological polar surface area (TPSA) is 61.0 Å². The summed E-state index contributed by atoms with van der Waals surface area (Å²) < 4.78 is 0. The lowest BCUT2D eigenvalue weighted by molar-refractivity contribution is 0.0922. The van der Waals surface area contributed by atoms with Crippen LogP contribution in [0.3, 0.4) is 0 Å². The van der Waals surface area contributed by atoms with Crippen molar-refractivity contribution in [3.8, 4) is 0 Å². The van der Waals surface area contributed by atoms with Gasteiger partial charge in [-0.1, -0.05) is 13.8 Å². The number of hydrogen-bond acceptors (Lipinski definition) is 3. The van der Waals surface area contributed by atoms with Crippen LogP contribution in [0.5, 0.6) is 0 Å². The number of likely N-dealkylation sites (tertiary alicyclic amines) is 1. The standard InChI is InChI=1S/C14H24N4O/c1-10(2)13(18-6-4-5-7-18)9-15-14(19)12-8-11(3)16-17-12/h8,10,13H,4-7,9H2,1-3H3,(H,15,19)(H,16,17)/t13-/m0/s1. The first kappa shape index (κ1) is 14.1. The van der Waals surface area contributed by atoms with Crippen LogP contribution < -0.4 is 5.32 Å². The van der Waals surface area contributed by atoms with Gasteiger partial charge in [-0.3, -0.25) is 14.8 Å². The number of aryl methyl sites for hydroxylation is 1. The fraction of sp³-hybridized carbons (Fsp3) is 0.714. The molecule has 0 unspecified atom stereocenters. The second kappa shape index (κ2) is 6.19. The summed E-state index contributed by atoms with van der Waals surface area (Å²) >= 11 is 0. The lowest BCUT2D eigenvalue weighted by atomic mass is 10.0. The molecule has 1 saturated heterocycles. The number of amides is 1. The molecule has 0 radical (unpaired) electrons. The average molecular weight is 264 g/mol. The molecule has 1 aliphatic heterocycles. The molecule has 0 saturated carbocycles. The van der Waals surface area contributed by atoms with E-state index in [0.717, 1.165) is 18.8 Å². The summed E-state index contributed by atoms with van der Waals surface area (Å²) in [4.78, 5) is 14.5. The SMILES string of the molecule is Cc1cc(C(=O)NC[C@@H](C(C)C)N2CCCC2)n[nH]1. The first-order valence-electron chi connectivity index (χ1n) is 7.12. The molecule has 0 aromatic carbocycles. The van der Waals surface area contributed by atoms with E-state index in [-0.39, 0.29) is 5.91 Å². The van der Waals surface area contributed by atoms with Crippen LogP contribution >= 0.6 is 0 Å². The highest BCUT2D eigenvalue weighted by Crippen LogP contribution is 2.17. The lowest BCUT2D eigenvalue weighted by Crippen LogP contribution is -2.45. The Morgan fingerprint density at radius 3 is 2.68 bits per heavy atom. The van der Waals surface area contributed by atoms with Crippen molar-refractivity contribution < 1.29 is 4.79 Å².